The van der Waals surface area contributed by atoms with Crippen LogP contribution in [0.3, 0.4) is 0 Å². The summed E-state index contributed by atoms with van der Waals surface area (Å²) in [6, 6.07) is 7.27. The topological polar surface area (TPSA) is 70.3 Å². The Labute approximate surface area is 130 Å². The number of rotatable bonds is 5. The van der Waals surface area contributed by atoms with Crippen LogP contribution in [0.5, 0.6) is 5.75 Å². The second kappa shape index (κ2) is 6.88. The maximum Gasteiger partial charge on any atom is 0.221 e. The van der Waals surface area contributed by atoms with Gasteiger partial charge < -0.3 is 15.2 Å². The van der Waals surface area contributed by atoms with Crippen molar-refractivity contribution in [2.24, 2.45) is 0 Å². The van der Waals surface area contributed by atoms with Gasteiger partial charge in [0.05, 0.1) is 12.3 Å². The largest absolute Gasteiger partial charge is 0.490 e. The van der Waals surface area contributed by atoms with Crippen LogP contribution in [0.1, 0.15) is 0 Å². The molecule has 0 radical (unpaired) electrons. The standard InChI is InChI=1S/C13H13BrClN3O2/c1-19-4-5-20-11-3-2-8(14)6-9(11)10-7-12(15)18-13(16)17-10/h2-3,6-7H,4-5H2,1H3,(H2,16,17,18). The van der Waals surface area contributed by atoms with Crippen LogP contribution < -0.4 is 10.5 Å². The number of hydrogen-bond acceptors (Lipinski definition) is 5. The lowest BCUT2D eigenvalue weighted by Crippen LogP contribution is -2.05. The average Bonchev–Trinajstić information content (AvgIpc) is 2.39. The molecule has 0 bridgehead atoms. The predicted octanol–water partition coefficient (Wildman–Crippen LogP) is 3.17. The Morgan fingerprint density at radius 1 is 1.25 bits per heavy atom. The minimum atomic E-state index is 0.121. The molecule has 5 nitrogen and oxygen atoms in total. The van der Waals surface area contributed by atoms with Crippen molar-refractivity contribution in [1.29, 1.82) is 0 Å². The predicted molar refractivity (Wildman–Crippen MR) is 82.0 cm³/mol. The highest BCUT2D eigenvalue weighted by molar-refractivity contribution is 9.10. The molecule has 2 rings (SSSR count). The molecule has 20 heavy (non-hydrogen) atoms. The van der Waals surface area contributed by atoms with Gasteiger partial charge in [-0.15, -0.1) is 0 Å². The summed E-state index contributed by atoms with van der Waals surface area (Å²) in [4.78, 5) is 8.03. The molecule has 0 amide bonds. The van der Waals surface area contributed by atoms with Gasteiger partial charge in [0, 0.05) is 23.2 Å². The number of hydrogen-bond donors (Lipinski definition) is 1. The fourth-order valence-electron chi connectivity index (χ4n) is 1.64. The summed E-state index contributed by atoms with van der Waals surface area (Å²) in [5.41, 5.74) is 7.02. The first-order chi connectivity index (χ1) is 9.60. The van der Waals surface area contributed by atoms with Gasteiger partial charge in [0.15, 0.2) is 0 Å². The molecular formula is C13H13BrClN3O2. The molecule has 106 valence electrons. The summed E-state index contributed by atoms with van der Waals surface area (Å²) < 4.78 is 11.5. The van der Waals surface area contributed by atoms with E-state index in [0.717, 1.165) is 10.0 Å². The van der Waals surface area contributed by atoms with E-state index in [1.807, 2.05) is 18.2 Å². The summed E-state index contributed by atoms with van der Waals surface area (Å²) in [7, 11) is 1.62. The van der Waals surface area contributed by atoms with Gasteiger partial charge in [-0.3, -0.25) is 0 Å². The van der Waals surface area contributed by atoms with Gasteiger partial charge in [0.2, 0.25) is 5.95 Å². The van der Waals surface area contributed by atoms with Gasteiger partial charge in [-0.25, -0.2) is 9.97 Å². The van der Waals surface area contributed by atoms with E-state index in [9.17, 15) is 0 Å². The second-order valence-electron chi connectivity index (χ2n) is 3.92. The van der Waals surface area contributed by atoms with E-state index >= 15 is 0 Å². The van der Waals surface area contributed by atoms with E-state index in [1.165, 1.54) is 0 Å². The first-order valence-electron chi connectivity index (χ1n) is 5.82. The molecule has 0 aliphatic rings. The number of anilines is 1. The van der Waals surface area contributed by atoms with E-state index in [2.05, 4.69) is 25.9 Å². The first kappa shape index (κ1) is 15.0. The molecule has 0 aliphatic heterocycles. The quantitative estimate of drug-likeness (QED) is 0.656. The van der Waals surface area contributed by atoms with E-state index in [4.69, 9.17) is 26.8 Å². The maximum atomic E-state index is 5.92. The molecule has 0 aliphatic carbocycles. The first-order valence-corrected chi connectivity index (χ1v) is 6.99. The molecule has 0 unspecified atom stereocenters. The Kier molecular flexibility index (Phi) is 5.17. The zero-order valence-electron chi connectivity index (χ0n) is 10.8. The number of ether oxygens (including phenoxy) is 2. The Morgan fingerprint density at radius 2 is 2.05 bits per heavy atom. The van der Waals surface area contributed by atoms with E-state index in [1.54, 1.807) is 13.2 Å². The molecule has 0 atom stereocenters. The lowest BCUT2D eigenvalue weighted by molar-refractivity contribution is 0.146. The van der Waals surface area contributed by atoms with Gasteiger partial charge in [0.1, 0.15) is 17.5 Å². The third kappa shape index (κ3) is 3.82. The monoisotopic (exact) mass is 357 g/mol. The highest BCUT2D eigenvalue weighted by Crippen LogP contribution is 2.32. The van der Waals surface area contributed by atoms with E-state index in [0.29, 0.717) is 24.7 Å². The van der Waals surface area contributed by atoms with Gasteiger partial charge in [-0.05, 0) is 18.2 Å². The van der Waals surface area contributed by atoms with Crippen LogP contribution >= 0.6 is 27.5 Å². The van der Waals surface area contributed by atoms with Crippen LogP contribution in [0.15, 0.2) is 28.7 Å². The van der Waals surface area contributed by atoms with Gasteiger partial charge in [-0.2, -0.15) is 0 Å². The number of nitrogen functional groups attached to an aromatic ring is 1. The highest BCUT2D eigenvalue weighted by atomic mass is 79.9. The smallest absolute Gasteiger partial charge is 0.221 e. The molecule has 0 spiro atoms. The van der Waals surface area contributed by atoms with Crippen molar-refractivity contribution < 1.29 is 9.47 Å². The fourth-order valence-corrected chi connectivity index (χ4v) is 2.19. The molecule has 1 aromatic heterocycles. The van der Waals surface area contributed by atoms with Crippen LogP contribution in [-0.4, -0.2) is 30.3 Å². The van der Waals surface area contributed by atoms with Crippen molar-refractivity contribution in [3.8, 4) is 17.0 Å². The zero-order valence-corrected chi connectivity index (χ0v) is 13.1. The molecule has 1 aromatic carbocycles. The van der Waals surface area contributed by atoms with Crippen molar-refractivity contribution in [3.63, 3.8) is 0 Å². The zero-order chi connectivity index (χ0) is 14.5. The van der Waals surface area contributed by atoms with Crippen molar-refractivity contribution in [2.45, 2.75) is 0 Å². The van der Waals surface area contributed by atoms with Crippen molar-refractivity contribution in [1.82, 2.24) is 9.97 Å². The SMILES string of the molecule is COCCOc1ccc(Br)cc1-c1cc(Cl)nc(N)n1. The Hall–Kier alpha value is -1.37. The minimum absolute atomic E-state index is 0.121. The summed E-state index contributed by atoms with van der Waals surface area (Å²) in [6.07, 6.45) is 0. The number of nitrogens with two attached hydrogens (primary N) is 1. The number of aromatic nitrogens is 2. The summed E-state index contributed by atoms with van der Waals surface area (Å²) in [5, 5.41) is 0.287. The van der Waals surface area contributed by atoms with Crippen molar-refractivity contribution in [2.75, 3.05) is 26.1 Å². The lowest BCUT2D eigenvalue weighted by atomic mass is 10.1. The third-order valence-corrected chi connectivity index (χ3v) is 3.16. The highest BCUT2D eigenvalue weighted by Gasteiger charge is 2.11. The van der Waals surface area contributed by atoms with Crippen LogP contribution in [0.2, 0.25) is 5.15 Å². The van der Waals surface area contributed by atoms with Crippen molar-refractivity contribution in [3.05, 3.63) is 33.9 Å². The molecule has 7 heteroatoms. The Balaban J connectivity index is 2.40. The third-order valence-electron chi connectivity index (χ3n) is 2.47. The number of nitrogens with zero attached hydrogens (tertiary/aromatic N) is 2. The summed E-state index contributed by atoms with van der Waals surface area (Å²) in [6.45, 7) is 0.946. The summed E-state index contributed by atoms with van der Waals surface area (Å²) >= 11 is 9.34. The molecule has 1 heterocycles. The Bertz CT molecular complexity index is 590. The van der Waals surface area contributed by atoms with E-state index < -0.39 is 0 Å². The average molecular weight is 359 g/mol. The molecule has 0 saturated carbocycles. The van der Waals surface area contributed by atoms with Crippen molar-refractivity contribution >= 4 is 33.5 Å². The second-order valence-corrected chi connectivity index (χ2v) is 5.22. The fraction of sp³-hybridized carbons (Fsp3) is 0.231. The lowest BCUT2D eigenvalue weighted by Gasteiger charge is -2.12. The van der Waals surface area contributed by atoms with Crippen LogP contribution in [0.4, 0.5) is 5.95 Å². The van der Waals surface area contributed by atoms with Crippen LogP contribution in [-0.2, 0) is 4.74 Å². The molecule has 2 aromatic rings. The maximum absolute atomic E-state index is 5.92. The molecule has 0 fully saturated rings. The molecule has 2 N–H and O–H groups in total. The van der Waals surface area contributed by atoms with Gasteiger partial charge in [0.25, 0.3) is 0 Å². The Morgan fingerprint density at radius 3 is 2.75 bits per heavy atom. The molecular weight excluding hydrogens is 346 g/mol. The van der Waals surface area contributed by atoms with Gasteiger partial charge >= 0.3 is 0 Å². The number of benzene rings is 1. The minimum Gasteiger partial charge on any atom is -0.490 e. The van der Waals surface area contributed by atoms with Crippen LogP contribution in [0, 0.1) is 0 Å². The number of halogens is 2. The molecule has 0 saturated heterocycles. The van der Waals surface area contributed by atoms with Crippen LogP contribution in [0.25, 0.3) is 11.3 Å². The summed E-state index contributed by atoms with van der Waals surface area (Å²) in [5.74, 6) is 0.801. The van der Waals surface area contributed by atoms with E-state index in [-0.39, 0.29) is 11.1 Å². The normalized spacial score (nSPS) is 10.6. The number of methoxy groups -OCH3 is 1. The van der Waals surface area contributed by atoms with Gasteiger partial charge in [-0.1, -0.05) is 27.5 Å².